The lowest BCUT2D eigenvalue weighted by Crippen LogP contribution is -2.56. The van der Waals surface area contributed by atoms with E-state index in [1.165, 1.54) is 72.1 Å². The van der Waals surface area contributed by atoms with Gasteiger partial charge in [-0.15, -0.1) is 11.8 Å². The van der Waals surface area contributed by atoms with Crippen molar-refractivity contribution in [2.45, 2.75) is 116 Å². The third-order valence-corrected chi connectivity index (χ3v) is 6.70. The van der Waals surface area contributed by atoms with Gasteiger partial charge < -0.3 is 24.3 Å². The molecule has 1 saturated heterocycles. The first-order valence-electron chi connectivity index (χ1n) is 12.8. The number of esters is 3. The van der Waals surface area contributed by atoms with Gasteiger partial charge in [-0.05, 0) is 6.42 Å². The Balaban J connectivity index is 2.39. The summed E-state index contributed by atoms with van der Waals surface area (Å²) >= 11 is 1.15. The van der Waals surface area contributed by atoms with Crippen LogP contribution in [0.5, 0.6) is 0 Å². The highest BCUT2D eigenvalue weighted by Crippen LogP contribution is 2.30. The molecule has 0 spiro atoms. The largest absolute Gasteiger partial charge is 0.456 e. The van der Waals surface area contributed by atoms with Crippen LogP contribution in [0, 0.1) is 0 Å². The van der Waals surface area contributed by atoms with Crippen LogP contribution in [0.1, 0.15) is 91.9 Å². The maximum atomic E-state index is 12.3. The first-order chi connectivity index (χ1) is 16.7. The van der Waals surface area contributed by atoms with E-state index < -0.39 is 41.7 Å². The summed E-state index contributed by atoms with van der Waals surface area (Å²) in [6.45, 7) is 6.46. The fourth-order valence-electron chi connectivity index (χ4n) is 3.90. The third-order valence-electron chi connectivity index (χ3n) is 5.54. The maximum absolute atomic E-state index is 12.3. The molecule has 0 saturated carbocycles. The number of hydrogen-bond acceptors (Lipinski definition) is 9. The van der Waals surface area contributed by atoms with E-state index in [0.29, 0.717) is 6.54 Å². The summed E-state index contributed by atoms with van der Waals surface area (Å²) in [4.78, 5) is 47.0. The SMILES string of the molecule is CCCCCCCCCCCCNC(=O)CS[C@@H]1OC[C@@H](OC(C)=O)[C@@H](OC(C)=O)[C@@H]1OC(C)=O. The van der Waals surface area contributed by atoms with Crippen molar-refractivity contribution >= 4 is 35.6 Å². The average Bonchev–Trinajstić information content (AvgIpc) is 2.78. The Morgan fingerprint density at radius 2 is 1.29 bits per heavy atom. The summed E-state index contributed by atoms with van der Waals surface area (Å²) in [6.07, 6.45) is 9.34. The Morgan fingerprint density at radius 1 is 0.771 bits per heavy atom. The number of hydrogen-bond donors (Lipinski definition) is 1. The first-order valence-corrected chi connectivity index (χ1v) is 13.8. The monoisotopic (exact) mass is 517 g/mol. The van der Waals surface area contributed by atoms with E-state index >= 15 is 0 Å². The quantitative estimate of drug-likeness (QED) is 0.174. The average molecular weight is 518 g/mol. The predicted octanol–water partition coefficient (Wildman–Crippen LogP) is 3.91. The lowest BCUT2D eigenvalue weighted by Gasteiger charge is -2.40. The molecule has 10 heteroatoms. The Bertz CT molecular complexity index is 659. The summed E-state index contributed by atoms with van der Waals surface area (Å²) in [5.41, 5.74) is -0.752. The van der Waals surface area contributed by atoms with E-state index in [2.05, 4.69) is 12.2 Å². The minimum atomic E-state index is -1.03. The first kappa shape index (κ1) is 31.2. The van der Waals surface area contributed by atoms with E-state index in [-0.39, 0.29) is 18.3 Å². The third kappa shape index (κ3) is 14.4. The highest BCUT2D eigenvalue weighted by atomic mass is 32.2. The number of carbonyl (C=O) groups is 4. The standard InChI is InChI=1S/C25H43NO8S/c1-5-6-7-8-9-10-11-12-13-14-15-26-22(30)17-35-25-24(34-20(4)29)23(33-19(3)28)21(16-31-25)32-18(2)27/h21,23-25H,5-17H2,1-4H3,(H,26,30)/t21-,23-,24+,25+/m1/s1. The van der Waals surface area contributed by atoms with Crippen molar-refractivity contribution in [1.82, 2.24) is 5.32 Å². The highest BCUT2D eigenvalue weighted by Gasteiger charge is 2.47. The second kappa shape index (κ2) is 18.5. The van der Waals surface area contributed by atoms with Crippen LogP contribution in [-0.4, -0.2) is 66.5 Å². The van der Waals surface area contributed by atoms with Gasteiger partial charge in [0.25, 0.3) is 0 Å². The predicted molar refractivity (Wildman–Crippen MR) is 134 cm³/mol. The molecule has 1 amide bonds. The van der Waals surface area contributed by atoms with Gasteiger partial charge in [-0.2, -0.15) is 0 Å². The fourth-order valence-corrected chi connectivity index (χ4v) is 4.89. The summed E-state index contributed by atoms with van der Waals surface area (Å²) in [6, 6.07) is 0. The Morgan fingerprint density at radius 3 is 1.83 bits per heavy atom. The zero-order valence-electron chi connectivity index (χ0n) is 21.7. The van der Waals surface area contributed by atoms with E-state index in [1.807, 2.05) is 0 Å². The minimum Gasteiger partial charge on any atom is -0.456 e. The Labute approximate surface area is 213 Å². The van der Waals surface area contributed by atoms with E-state index in [1.54, 1.807) is 0 Å². The zero-order valence-corrected chi connectivity index (χ0v) is 22.5. The molecule has 4 atom stereocenters. The normalized spacial score (nSPS) is 21.7. The molecular weight excluding hydrogens is 474 g/mol. The van der Waals surface area contributed by atoms with Crippen molar-refractivity contribution in [3.05, 3.63) is 0 Å². The zero-order chi connectivity index (χ0) is 26.1. The van der Waals surface area contributed by atoms with Crippen LogP contribution >= 0.6 is 11.8 Å². The molecule has 0 aromatic carbocycles. The van der Waals surface area contributed by atoms with Gasteiger partial charge >= 0.3 is 17.9 Å². The molecule has 1 rings (SSSR count). The van der Waals surface area contributed by atoms with Crippen molar-refractivity contribution in [2.24, 2.45) is 0 Å². The molecule has 35 heavy (non-hydrogen) atoms. The number of rotatable bonds is 17. The van der Waals surface area contributed by atoms with E-state index in [4.69, 9.17) is 18.9 Å². The molecule has 0 bridgehead atoms. The van der Waals surface area contributed by atoms with Crippen LogP contribution in [-0.2, 0) is 38.1 Å². The smallest absolute Gasteiger partial charge is 0.303 e. The van der Waals surface area contributed by atoms with Crippen LogP contribution in [0.4, 0.5) is 0 Å². The van der Waals surface area contributed by atoms with Gasteiger partial charge in [0.15, 0.2) is 18.3 Å². The van der Waals surface area contributed by atoms with Crippen molar-refractivity contribution in [2.75, 3.05) is 18.9 Å². The molecular formula is C25H43NO8S. The summed E-state index contributed by atoms with van der Waals surface area (Å²) in [5.74, 6) is -1.85. The summed E-state index contributed by atoms with van der Waals surface area (Å²) < 4.78 is 21.6. The van der Waals surface area contributed by atoms with Crippen LogP contribution in [0.15, 0.2) is 0 Å². The molecule has 1 aliphatic heterocycles. The maximum Gasteiger partial charge on any atom is 0.303 e. The number of carbonyl (C=O) groups excluding carboxylic acids is 4. The molecule has 0 radical (unpaired) electrons. The van der Waals surface area contributed by atoms with Gasteiger partial charge in [0, 0.05) is 27.3 Å². The van der Waals surface area contributed by atoms with Gasteiger partial charge in [-0.1, -0.05) is 64.7 Å². The topological polar surface area (TPSA) is 117 Å². The molecule has 1 aliphatic rings. The fraction of sp³-hybridized carbons (Fsp3) is 0.840. The second-order valence-electron chi connectivity index (χ2n) is 8.84. The van der Waals surface area contributed by atoms with E-state index in [0.717, 1.165) is 24.6 Å². The van der Waals surface area contributed by atoms with Gasteiger partial charge in [0.1, 0.15) is 5.44 Å². The number of nitrogens with one attached hydrogen (secondary N) is 1. The molecule has 1 N–H and O–H groups in total. The molecule has 1 heterocycles. The lowest BCUT2D eigenvalue weighted by molar-refractivity contribution is -0.213. The van der Waals surface area contributed by atoms with Gasteiger partial charge in [0.05, 0.1) is 12.4 Å². The second-order valence-corrected chi connectivity index (χ2v) is 9.93. The van der Waals surface area contributed by atoms with Crippen LogP contribution in [0.2, 0.25) is 0 Å². The summed E-state index contributed by atoms with van der Waals surface area (Å²) in [7, 11) is 0. The van der Waals surface area contributed by atoms with Crippen molar-refractivity contribution in [1.29, 1.82) is 0 Å². The highest BCUT2D eigenvalue weighted by molar-refractivity contribution is 8.00. The van der Waals surface area contributed by atoms with Crippen LogP contribution in [0.3, 0.4) is 0 Å². The lowest BCUT2D eigenvalue weighted by atomic mass is 10.1. The molecule has 0 aromatic heterocycles. The van der Waals surface area contributed by atoms with Crippen molar-refractivity contribution < 1.29 is 38.1 Å². The van der Waals surface area contributed by atoms with Crippen molar-refractivity contribution in [3.8, 4) is 0 Å². The Hall–Kier alpha value is -1.81. The number of thioether (sulfide) groups is 1. The van der Waals surface area contributed by atoms with Gasteiger partial charge in [-0.3, -0.25) is 19.2 Å². The molecule has 202 valence electrons. The molecule has 0 aromatic rings. The van der Waals surface area contributed by atoms with E-state index in [9.17, 15) is 19.2 Å². The molecule has 0 aliphatic carbocycles. The van der Waals surface area contributed by atoms with Crippen molar-refractivity contribution in [3.63, 3.8) is 0 Å². The molecule has 9 nitrogen and oxygen atoms in total. The van der Waals surface area contributed by atoms with Gasteiger partial charge in [-0.25, -0.2) is 0 Å². The summed E-state index contributed by atoms with van der Waals surface area (Å²) in [5, 5.41) is 2.90. The molecule has 1 fully saturated rings. The van der Waals surface area contributed by atoms with Crippen LogP contribution in [0.25, 0.3) is 0 Å². The number of amides is 1. The minimum absolute atomic E-state index is 0.0484. The Kier molecular flexibility index (Phi) is 16.5. The number of unbranched alkanes of at least 4 members (excludes halogenated alkanes) is 9. The van der Waals surface area contributed by atoms with Crippen LogP contribution < -0.4 is 5.32 Å². The van der Waals surface area contributed by atoms with Gasteiger partial charge in [0.2, 0.25) is 5.91 Å². The number of ether oxygens (including phenoxy) is 4. The molecule has 0 unspecified atom stereocenters.